The lowest BCUT2D eigenvalue weighted by molar-refractivity contribution is -0.344. The van der Waals surface area contributed by atoms with Gasteiger partial charge in [-0.2, -0.15) is 0 Å². The number of aromatic nitrogens is 1. The van der Waals surface area contributed by atoms with Crippen LogP contribution in [0.2, 0.25) is 0 Å². The Bertz CT molecular complexity index is 1970. The van der Waals surface area contributed by atoms with Gasteiger partial charge in [0.05, 0.1) is 42.4 Å². The number of pyridine rings is 1. The third-order valence-corrected chi connectivity index (χ3v) is 14.2. The number of esters is 3. The number of aliphatic hydroxyl groups excluding tert-OH is 2. The minimum atomic E-state index is -1.50. The van der Waals surface area contributed by atoms with E-state index in [1.54, 1.807) is 59.8 Å². The van der Waals surface area contributed by atoms with E-state index in [9.17, 15) is 34.5 Å². The molecular weight excluding hydrogens is 907 g/mol. The standard InChI is InChI=1S/C52H81N3O15/c1-11-41(58)67-40-28-43(60)66-36(18-15-17-34-22-24-53-38-21-14-13-20-37(34)38)19-16-25-55(9)30-39(57)31(3)27-35(23-26-56)48(49(40)63-10)70-51-46(61)45(54(7)8)47(32(4)65-51)69-44-29-52(6,62)50(33(5)64-44)68-42(59)12-2/h13-14,20-22,24,26,31-33,35-36,39-40,44-51,57,61-62H,11-12,15-19,23,25,27-30H2,1-10H3/t31-,32?,33?,35+,36+,39+,40-,44+,45?,46?,47-,48+,49+,50+,51+,52?/m1/s1. The lowest BCUT2D eigenvalue weighted by Crippen LogP contribution is -2.66. The number of aliphatic hydroxyl groups is 3. The summed E-state index contributed by atoms with van der Waals surface area (Å²) < 4.78 is 50.0. The van der Waals surface area contributed by atoms with Crippen LogP contribution in [0.15, 0.2) is 36.5 Å². The number of cyclic esters (lactones) is 1. The molecule has 0 bridgehead atoms. The van der Waals surface area contributed by atoms with Gasteiger partial charge in [0.25, 0.3) is 0 Å². The Morgan fingerprint density at radius 3 is 2.37 bits per heavy atom. The quantitative estimate of drug-likeness (QED) is 0.119. The summed E-state index contributed by atoms with van der Waals surface area (Å²) in [7, 11) is 6.86. The van der Waals surface area contributed by atoms with Crippen LogP contribution in [0.5, 0.6) is 0 Å². The van der Waals surface area contributed by atoms with E-state index in [2.05, 4.69) is 11.1 Å². The first-order valence-electron chi connectivity index (χ1n) is 25.2. The van der Waals surface area contributed by atoms with E-state index in [1.807, 2.05) is 43.1 Å². The number of hydrogen-bond acceptors (Lipinski definition) is 18. The maximum absolute atomic E-state index is 14.2. The summed E-state index contributed by atoms with van der Waals surface area (Å²) in [6.07, 6.45) is -6.24. The fourth-order valence-electron chi connectivity index (χ4n) is 10.4. The molecule has 70 heavy (non-hydrogen) atoms. The second kappa shape index (κ2) is 26.8. The molecule has 3 aliphatic rings. The molecule has 4 heterocycles. The molecule has 3 N–H and O–H groups in total. The number of fused-ring (bicyclic) bond motifs is 1. The van der Waals surface area contributed by atoms with Crippen molar-refractivity contribution in [3.63, 3.8) is 0 Å². The topological polar surface area (TPSA) is 222 Å². The molecule has 2 aromatic rings. The Balaban J connectivity index is 1.43. The molecule has 5 rings (SSSR count). The molecule has 394 valence electrons. The first-order valence-corrected chi connectivity index (χ1v) is 25.2. The highest BCUT2D eigenvalue weighted by Crippen LogP contribution is 2.38. The summed E-state index contributed by atoms with van der Waals surface area (Å²) >= 11 is 0. The smallest absolute Gasteiger partial charge is 0.309 e. The molecule has 1 aromatic heterocycles. The van der Waals surface area contributed by atoms with Gasteiger partial charge in [0.1, 0.15) is 42.4 Å². The molecule has 0 spiro atoms. The molecule has 3 aliphatic heterocycles. The minimum absolute atomic E-state index is 0.00827. The predicted molar refractivity (Wildman–Crippen MR) is 258 cm³/mol. The number of nitrogens with zero attached hydrogens (tertiary/aromatic N) is 3. The van der Waals surface area contributed by atoms with Crippen LogP contribution in [-0.2, 0) is 63.5 Å². The SMILES string of the molecule is CCC(=O)O[C@@H]1CC(=O)O[C@@H](CCCc2ccnc3ccccc23)CCCN(C)C[C@H](O)[C@H](C)C[C@H](CC=O)[C@H](O[C@@H]2OC(C)[C@@H](O[C@H]3CC(C)(O)[C@@H](OC(=O)CC)C(C)O3)C(N(C)C)C2O)[C@H]1OC. The molecule has 5 unspecified atom stereocenters. The van der Waals surface area contributed by atoms with E-state index in [0.717, 1.165) is 35.6 Å². The number of rotatable bonds is 16. The van der Waals surface area contributed by atoms with Crippen molar-refractivity contribution < 1.29 is 72.4 Å². The molecule has 1 aromatic carbocycles. The van der Waals surface area contributed by atoms with Crippen molar-refractivity contribution in [1.82, 2.24) is 14.8 Å². The fourth-order valence-corrected chi connectivity index (χ4v) is 10.4. The summed E-state index contributed by atoms with van der Waals surface area (Å²) in [5, 5.41) is 36.5. The molecule has 0 amide bonds. The summed E-state index contributed by atoms with van der Waals surface area (Å²) in [6, 6.07) is 9.19. The van der Waals surface area contributed by atoms with E-state index >= 15 is 0 Å². The van der Waals surface area contributed by atoms with E-state index in [0.29, 0.717) is 32.4 Å². The van der Waals surface area contributed by atoms with Crippen molar-refractivity contribution in [3.8, 4) is 0 Å². The average molecular weight is 988 g/mol. The van der Waals surface area contributed by atoms with Crippen molar-refractivity contribution in [2.45, 2.75) is 197 Å². The molecule has 0 radical (unpaired) electrons. The number of ether oxygens (including phenoxy) is 8. The second-order valence-electron chi connectivity index (χ2n) is 20.1. The van der Waals surface area contributed by atoms with Gasteiger partial charge >= 0.3 is 17.9 Å². The van der Waals surface area contributed by atoms with Gasteiger partial charge in [0.2, 0.25) is 0 Å². The average Bonchev–Trinajstić information content (AvgIpc) is 3.30. The van der Waals surface area contributed by atoms with Crippen LogP contribution in [-0.4, -0.2) is 181 Å². The zero-order valence-corrected chi connectivity index (χ0v) is 43.0. The summed E-state index contributed by atoms with van der Waals surface area (Å²) in [4.78, 5) is 60.5. The van der Waals surface area contributed by atoms with Gasteiger partial charge < -0.3 is 67.8 Å². The van der Waals surface area contributed by atoms with Crippen molar-refractivity contribution in [2.24, 2.45) is 11.8 Å². The Kier molecular flexibility index (Phi) is 21.9. The zero-order chi connectivity index (χ0) is 51.3. The minimum Gasteiger partial charge on any atom is -0.462 e. The van der Waals surface area contributed by atoms with Gasteiger partial charge in [-0.25, -0.2) is 0 Å². The largest absolute Gasteiger partial charge is 0.462 e. The highest BCUT2D eigenvalue weighted by Gasteiger charge is 2.53. The number of carbonyl (C=O) groups is 4. The van der Waals surface area contributed by atoms with Gasteiger partial charge in [-0.05, 0) is 117 Å². The van der Waals surface area contributed by atoms with E-state index < -0.39 is 116 Å². The van der Waals surface area contributed by atoms with Gasteiger partial charge in [-0.15, -0.1) is 0 Å². The zero-order valence-electron chi connectivity index (χ0n) is 43.0. The first-order chi connectivity index (χ1) is 33.3. The number of likely N-dealkylation sites (N-methyl/N-ethyl adjacent to an activating group) is 2. The number of aryl methyl sites for hydroxylation is 1. The van der Waals surface area contributed by atoms with Crippen LogP contribution in [0.4, 0.5) is 0 Å². The molecule has 18 nitrogen and oxygen atoms in total. The van der Waals surface area contributed by atoms with Crippen LogP contribution in [0.1, 0.15) is 111 Å². The van der Waals surface area contributed by atoms with Crippen LogP contribution in [0.3, 0.4) is 0 Å². The number of para-hydroxylation sites is 1. The predicted octanol–water partition coefficient (Wildman–Crippen LogP) is 4.53. The Morgan fingerprint density at radius 1 is 0.986 bits per heavy atom. The number of methoxy groups -OCH3 is 1. The highest BCUT2D eigenvalue weighted by atomic mass is 16.7. The maximum atomic E-state index is 14.2. The van der Waals surface area contributed by atoms with Crippen molar-refractivity contribution in [3.05, 3.63) is 42.1 Å². The molecule has 3 fully saturated rings. The molecule has 0 saturated carbocycles. The molecule has 18 heteroatoms. The van der Waals surface area contributed by atoms with Gasteiger partial charge in [-0.3, -0.25) is 19.4 Å². The summed E-state index contributed by atoms with van der Waals surface area (Å²) in [5.74, 6) is -2.75. The number of aldehydes is 1. The lowest BCUT2D eigenvalue weighted by atomic mass is 9.82. The van der Waals surface area contributed by atoms with Crippen molar-refractivity contribution in [2.75, 3.05) is 41.3 Å². The summed E-state index contributed by atoms with van der Waals surface area (Å²) in [6.45, 7) is 11.2. The molecular formula is C52H81N3O15. The maximum Gasteiger partial charge on any atom is 0.309 e. The second-order valence-corrected chi connectivity index (χ2v) is 20.1. The van der Waals surface area contributed by atoms with E-state index in [-0.39, 0.29) is 38.0 Å². The third kappa shape index (κ3) is 15.4. The summed E-state index contributed by atoms with van der Waals surface area (Å²) in [5.41, 5.74) is 0.554. The van der Waals surface area contributed by atoms with Crippen LogP contribution < -0.4 is 0 Å². The van der Waals surface area contributed by atoms with Gasteiger partial charge in [0.15, 0.2) is 18.7 Å². The highest BCUT2D eigenvalue weighted by molar-refractivity contribution is 5.81. The number of β-amino-alcohol motifs (C(OH)–C–C–N with tert-alkyl or cyclic N) is 1. The Labute approximate surface area is 413 Å². The van der Waals surface area contributed by atoms with Crippen LogP contribution in [0.25, 0.3) is 10.9 Å². The van der Waals surface area contributed by atoms with E-state index in [1.165, 1.54) is 7.11 Å². The molecule has 0 aliphatic carbocycles. The van der Waals surface area contributed by atoms with Crippen molar-refractivity contribution in [1.29, 1.82) is 0 Å². The molecule has 16 atom stereocenters. The first kappa shape index (κ1) is 57.2. The number of hydrogen-bond donors (Lipinski definition) is 3. The normalized spacial score (nSPS) is 35.5. The van der Waals surface area contributed by atoms with Crippen molar-refractivity contribution >= 4 is 35.1 Å². The lowest BCUT2D eigenvalue weighted by Gasteiger charge is -2.50. The van der Waals surface area contributed by atoms with Crippen LogP contribution >= 0.6 is 0 Å². The number of carbonyl (C=O) groups excluding carboxylic acids is 4. The van der Waals surface area contributed by atoms with Gasteiger partial charge in [0, 0.05) is 50.9 Å². The molecule has 3 saturated heterocycles. The van der Waals surface area contributed by atoms with E-state index in [4.69, 9.17) is 37.9 Å². The fraction of sp³-hybridized carbons (Fsp3) is 0.750. The third-order valence-electron chi connectivity index (χ3n) is 14.2. The van der Waals surface area contributed by atoms with Crippen LogP contribution in [0, 0.1) is 11.8 Å². The monoisotopic (exact) mass is 988 g/mol. The number of benzene rings is 1. The Hall–Kier alpha value is -3.69. The Morgan fingerprint density at radius 2 is 1.70 bits per heavy atom. The van der Waals surface area contributed by atoms with Gasteiger partial charge in [-0.1, -0.05) is 39.0 Å².